The Kier molecular flexibility index (Phi) is 3.51. The zero-order valence-corrected chi connectivity index (χ0v) is 13.2. The van der Waals surface area contributed by atoms with Gasteiger partial charge in [0, 0.05) is 30.0 Å². The lowest BCUT2D eigenvalue weighted by molar-refractivity contribution is 0.00578. The van der Waals surface area contributed by atoms with Crippen molar-refractivity contribution in [2.75, 3.05) is 0 Å². The van der Waals surface area contributed by atoms with Gasteiger partial charge in [-0.05, 0) is 40.5 Å². The van der Waals surface area contributed by atoms with Gasteiger partial charge in [-0.25, -0.2) is 0 Å². The minimum atomic E-state index is -0.470. The maximum Gasteiger partial charge on any atom is 0.500 e. The third kappa shape index (κ3) is 2.68. The van der Waals surface area contributed by atoms with Gasteiger partial charge in [-0.3, -0.25) is 4.98 Å². The van der Waals surface area contributed by atoms with Crippen molar-refractivity contribution < 1.29 is 14.0 Å². The van der Waals surface area contributed by atoms with E-state index in [2.05, 4.69) is 4.98 Å². The lowest BCUT2D eigenvalue weighted by Crippen LogP contribution is -2.41. The molecule has 1 aliphatic heterocycles. The molecule has 0 radical (unpaired) electrons. The number of ether oxygens (including phenoxy) is 1. The first kappa shape index (κ1) is 14.8. The van der Waals surface area contributed by atoms with Crippen molar-refractivity contribution in [1.29, 1.82) is 0 Å². The maximum absolute atomic E-state index is 6.11. The van der Waals surface area contributed by atoms with Crippen molar-refractivity contribution in [3.8, 4) is 5.75 Å². The van der Waals surface area contributed by atoms with Crippen LogP contribution in [0.25, 0.3) is 0 Å². The van der Waals surface area contributed by atoms with E-state index in [4.69, 9.17) is 19.8 Å². The van der Waals surface area contributed by atoms with Gasteiger partial charge in [-0.15, -0.1) is 0 Å². The Labute approximate surface area is 126 Å². The minimum Gasteiger partial charge on any atom is -0.490 e. The number of aromatic nitrogens is 1. The smallest absolute Gasteiger partial charge is 0.490 e. The Hall–Kier alpha value is -1.11. The van der Waals surface area contributed by atoms with E-state index >= 15 is 0 Å². The highest BCUT2D eigenvalue weighted by molar-refractivity contribution is 6.63. The molecule has 2 aliphatic rings. The van der Waals surface area contributed by atoms with Crippen molar-refractivity contribution in [3.63, 3.8) is 0 Å². The zero-order chi connectivity index (χ0) is 15.3. The molecule has 0 amide bonds. The summed E-state index contributed by atoms with van der Waals surface area (Å²) >= 11 is 0. The third-order valence-electron chi connectivity index (χ3n) is 4.53. The fraction of sp³-hybridized carbons (Fsp3) is 0.667. The first-order chi connectivity index (χ1) is 9.84. The van der Waals surface area contributed by atoms with E-state index in [9.17, 15) is 0 Å². The summed E-state index contributed by atoms with van der Waals surface area (Å²) in [6, 6.07) is 0. The van der Waals surface area contributed by atoms with E-state index < -0.39 is 7.12 Å². The number of hydrogen-bond donors (Lipinski definition) is 1. The molecule has 5 nitrogen and oxygen atoms in total. The molecule has 0 aromatic carbocycles. The number of nitrogens with two attached hydrogens (primary N) is 1. The second-order valence-electron chi connectivity index (χ2n) is 6.83. The second kappa shape index (κ2) is 4.97. The molecule has 1 saturated heterocycles. The zero-order valence-electron chi connectivity index (χ0n) is 13.2. The van der Waals surface area contributed by atoms with Crippen LogP contribution in [0.2, 0.25) is 0 Å². The summed E-state index contributed by atoms with van der Waals surface area (Å²) in [5, 5.41) is 0. The molecule has 1 saturated carbocycles. The molecule has 2 heterocycles. The summed E-state index contributed by atoms with van der Waals surface area (Å²) in [5.41, 5.74) is 6.79. The lowest BCUT2D eigenvalue weighted by Gasteiger charge is -2.32. The van der Waals surface area contributed by atoms with E-state index in [1.165, 1.54) is 0 Å². The molecular formula is C15H23BN2O3. The Balaban J connectivity index is 1.95. The molecule has 2 fully saturated rings. The molecular weight excluding hydrogens is 267 g/mol. The standard InChI is InChI=1S/C15H23BN2O3/c1-14(2)15(3,4)21-16(20-14)12-9-18-8-10(7-17)13(12)19-11-5-6-11/h8-9,11H,5-7,17H2,1-4H3. The number of rotatable bonds is 4. The van der Waals surface area contributed by atoms with Crippen LogP contribution in [0.1, 0.15) is 46.1 Å². The molecule has 1 aliphatic carbocycles. The van der Waals surface area contributed by atoms with Crippen molar-refractivity contribution in [3.05, 3.63) is 18.0 Å². The molecule has 1 aromatic heterocycles. The highest BCUT2D eigenvalue weighted by Gasteiger charge is 2.53. The summed E-state index contributed by atoms with van der Waals surface area (Å²) in [6.45, 7) is 8.54. The summed E-state index contributed by atoms with van der Waals surface area (Å²) in [5.74, 6) is 0.786. The predicted molar refractivity (Wildman–Crippen MR) is 81.5 cm³/mol. The van der Waals surface area contributed by atoms with Crippen molar-refractivity contribution in [2.24, 2.45) is 5.73 Å². The Morgan fingerprint density at radius 2 is 1.86 bits per heavy atom. The van der Waals surface area contributed by atoms with Gasteiger partial charge in [0.2, 0.25) is 0 Å². The van der Waals surface area contributed by atoms with E-state index in [0.29, 0.717) is 12.6 Å². The third-order valence-corrected chi connectivity index (χ3v) is 4.53. The molecule has 3 rings (SSSR count). The summed E-state index contributed by atoms with van der Waals surface area (Å²) in [7, 11) is -0.470. The molecule has 114 valence electrons. The molecule has 0 bridgehead atoms. The summed E-state index contributed by atoms with van der Waals surface area (Å²) in [6.07, 6.45) is 5.99. The summed E-state index contributed by atoms with van der Waals surface area (Å²) < 4.78 is 18.3. The first-order valence-electron chi connectivity index (χ1n) is 7.53. The normalized spacial score (nSPS) is 23.4. The van der Waals surface area contributed by atoms with Gasteiger partial charge in [0.25, 0.3) is 0 Å². The van der Waals surface area contributed by atoms with Crippen LogP contribution in [-0.2, 0) is 15.9 Å². The fourth-order valence-electron chi connectivity index (χ4n) is 2.29. The molecule has 2 N–H and O–H groups in total. The average Bonchev–Trinajstić information content (AvgIpc) is 3.17. The van der Waals surface area contributed by atoms with Gasteiger partial charge >= 0.3 is 7.12 Å². The van der Waals surface area contributed by atoms with Crippen molar-refractivity contribution >= 4 is 12.6 Å². The van der Waals surface area contributed by atoms with Crippen LogP contribution in [0.4, 0.5) is 0 Å². The van der Waals surface area contributed by atoms with E-state index in [0.717, 1.165) is 29.6 Å². The van der Waals surface area contributed by atoms with E-state index in [1.54, 1.807) is 12.4 Å². The van der Waals surface area contributed by atoms with E-state index in [1.807, 2.05) is 27.7 Å². The van der Waals surface area contributed by atoms with Crippen molar-refractivity contribution in [2.45, 2.75) is 64.4 Å². The first-order valence-corrected chi connectivity index (χ1v) is 7.53. The highest BCUT2D eigenvalue weighted by atomic mass is 16.7. The van der Waals surface area contributed by atoms with Gasteiger partial charge in [-0.1, -0.05) is 0 Å². The molecule has 0 spiro atoms. The second-order valence-corrected chi connectivity index (χ2v) is 6.83. The average molecular weight is 290 g/mol. The molecule has 6 heteroatoms. The van der Waals surface area contributed by atoms with Crippen LogP contribution in [0.15, 0.2) is 12.4 Å². The largest absolute Gasteiger partial charge is 0.500 e. The minimum absolute atomic E-state index is 0.291. The maximum atomic E-state index is 6.11. The lowest BCUT2D eigenvalue weighted by atomic mass is 9.78. The van der Waals surface area contributed by atoms with E-state index in [-0.39, 0.29) is 11.2 Å². The number of nitrogens with zero attached hydrogens (tertiary/aromatic N) is 1. The topological polar surface area (TPSA) is 66.6 Å². The Morgan fingerprint density at radius 1 is 1.24 bits per heavy atom. The molecule has 0 unspecified atom stereocenters. The van der Waals surface area contributed by atoms with Crippen LogP contribution in [0.5, 0.6) is 5.75 Å². The Morgan fingerprint density at radius 3 is 2.38 bits per heavy atom. The van der Waals surface area contributed by atoms with Gasteiger partial charge in [0.05, 0.1) is 17.3 Å². The van der Waals surface area contributed by atoms with Gasteiger partial charge < -0.3 is 19.8 Å². The fourth-order valence-corrected chi connectivity index (χ4v) is 2.29. The molecule has 0 atom stereocenters. The Bertz CT molecular complexity index is 528. The van der Waals surface area contributed by atoms with Gasteiger partial charge in [0.15, 0.2) is 0 Å². The van der Waals surface area contributed by atoms with Crippen LogP contribution in [-0.4, -0.2) is 29.4 Å². The van der Waals surface area contributed by atoms with Gasteiger partial charge in [-0.2, -0.15) is 0 Å². The molecule has 21 heavy (non-hydrogen) atoms. The number of pyridine rings is 1. The van der Waals surface area contributed by atoms with Crippen molar-refractivity contribution in [1.82, 2.24) is 4.98 Å². The van der Waals surface area contributed by atoms with Crippen LogP contribution in [0.3, 0.4) is 0 Å². The highest BCUT2D eigenvalue weighted by Crippen LogP contribution is 2.38. The SMILES string of the molecule is CC1(C)OB(c2cncc(CN)c2OC2CC2)OC1(C)C. The quantitative estimate of drug-likeness (QED) is 0.849. The van der Waals surface area contributed by atoms with Crippen LogP contribution < -0.4 is 15.9 Å². The van der Waals surface area contributed by atoms with Crippen LogP contribution in [0, 0.1) is 0 Å². The van der Waals surface area contributed by atoms with Gasteiger partial charge in [0.1, 0.15) is 5.75 Å². The predicted octanol–water partition coefficient (Wildman–Crippen LogP) is 1.38. The summed E-state index contributed by atoms with van der Waals surface area (Å²) in [4.78, 5) is 4.26. The number of hydrogen-bond acceptors (Lipinski definition) is 5. The molecule has 1 aromatic rings. The monoisotopic (exact) mass is 290 g/mol. The van der Waals surface area contributed by atoms with Crippen LogP contribution >= 0.6 is 0 Å².